The van der Waals surface area contributed by atoms with E-state index in [-0.39, 0.29) is 11.4 Å². The van der Waals surface area contributed by atoms with Crippen molar-refractivity contribution in [3.8, 4) is 18.1 Å². The van der Waals surface area contributed by atoms with Crippen molar-refractivity contribution < 1.29 is 10.0 Å². The number of aromatic hydroxyl groups is 1. The number of hydrogen-bond acceptors (Lipinski definition) is 4. The summed E-state index contributed by atoms with van der Waals surface area (Å²) in [5.41, 5.74) is 1.69. The van der Waals surface area contributed by atoms with Crippen LogP contribution in [0.4, 0.5) is 11.4 Å². The first-order valence-corrected chi connectivity index (χ1v) is 6.35. The third-order valence-corrected chi connectivity index (χ3v) is 2.82. The molecule has 0 heterocycles. The van der Waals surface area contributed by atoms with E-state index >= 15 is 0 Å². The van der Waals surface area contributed by atoms with Crippen LogP contribution < -0.4 is 0 Å². The van der Waals surface area contributed by atoms with Crippen molar-refractivity contribution in [3.63, 3.8) is 0 Å². The van der Waals surface area contributed by atoms with E-state index in [0.717, 1.165) is 5.56 Å². The first kappa shape index (κ1) is 15.0. The monoisotopic (exact) mass is 292 g/mol. The summed E-state index contributed by atoms with van der Waals surface area (Å²) in [4.78, 5) is 14.4. The minimum atomic E-state index is -0.518. The lowest BCUT2D eigenvalue weighted by Gasteiger charge is -1.98. The van der Waals surface area contributed by atoms with E-state index in [2.05, 4.69) is 10.9 Å². The van der Waals surface area contributed by atoms with Crippen LogP contribution in [-0.2, 0) is 0 Å². The van der Waals surface area contributed by atoms with Gasteiger partial charge in [-0.15, -0.1) is 6.42 Å². The largest absolute Gasteiger partial charge is 0.507 e. The second-order valence-electron chi connectivity index (χ2n) is 4.33. The molecule has 108 valence electrons. The molecular formula is C17H12N2O3. The van der Waals surface area contributed by atoms with E-state index in [0.29, 0.717) is 11.3 Å². The molecule has 0 unspecified atom stereocenters. The number of hydrogen-bond donors (Lipinski definition) is 1. The molecular weight excluding hydrogens is 280 g/mol. The van der Waals surface area contributed by atoms with Gasteiger partial charge in [-0.25, -0.2) is 0 Å². The van der Waals surface area contributed by atoms with Crippen LogP contribution in [0.5, 0.6) is 5.75 Å². The molecule has 0 fully saturated rings. The predicted molar refractivity (Wildman–Crippen MR) is 86.3 cm³/mol. The number of rotatable bonds is 4. The molecule has 0 aliphatic heterocycles. The number of phenolic OH excluding ortho intramolecular Hbond substituents is 1. The van der Waals surface area contributed by atoms with E-state index in [1.54, 1.807) is 30.3 Å². The Balaban J connectivity index is 2.15. The highest BCUT2D eigenvalue weighted by atomic mass is 16.6. The fourth-order valence-electron chi connectivity index (χ4n) is 1.74. The number of allylic oxidation sites excluding steroid dienone is 1. The van der Waals surface area contributed by atoms with Crippen molar-refractivity contribution in [1.82, 2.24) is 0 Å². The molecule has 5 heteroatoms. The highest BCUT2D eigenvalue weighted by molar-refractivity contribution is 5.81. The lowest BCUT2D eigenvalue weighted by molar-refractivity contribution is -0.384. The molecule has 0 atom stereocenters. The number of nitro groups is 1. The Labute approximate surface area is 127 Å². The van der Waals surface area contributed by atoms with Gasteiger partial charge in [-0.2, -0.15) is 0 Å². The molecule has 0 aliphatic rings. The molecule has 0 bridgehead atoms. The minimum Gasteiger partial charge on any atom is -0.507 e. The summed E-state index contributed by atoms with van der Waals surface area (Å²) in [6, 6.07) is 11.0. The van der Waals surface area contributed by atoms with Crippen molar-refractivity contribution >= 4 is 23.7 Å². The first-order chi connectivity index (χ1) is 10.6. The van der Waals surface area contributed by atoms with Crippen LogP contribution in [0.15, 0.2) is 53.5 Å². The van der Waals surface area contributed by atoms with Gasteiger partial charge in [0.1, 0.15) is 5.75 Å². The number of aliphatic imine (C=N–C) groups is 1. The molecule has 0 aliphatic carbocycles. The first-order valence-electron chi connectivity index (χ1n) is 6.35. The fraction of sp³-hybridized carbons (Fsp3) is 0. The van der Waals surface area contributed by atoms with E-state index in [4.69, 9.17) is 6.42 Å². The number of nitrogens with zero attached hydrogens (tertiary/aromatic N) is 2. The van der Waals surface area contributed by atoms with Gasteiger partial charge in [0.05, 0.1) is 10.6 Å². The van der Waals surface area contributed by atoms with Crippen LogP contribution in [0.25, 0.3) is 6.08 Å². The van der Waals surface area contributed by atoms with Crippen LogP contribution >= 0.6 is 0 Å². The van der Waals surface area contributed by atoms with Gasteiger partial charge < -0.3 is 5.11 Å². The smallest absolute Gasteiger partial charge is 0.270 e. The Hall–Kier alpha value is -3.39. The normalized spacial score (nSPS) is 10.9. The van der Waals surface area contributed by atoms with E-state index in [1.165, 1.54) is 30.5 Å². The summed E-state index contributed by atoms with van der Waals surface area (Å²) in [6.07, 6.45) is 9.95. The third kappa shape index (κ3) is 3.81. The highest BCUT2D eigenvalue weighted by Gasteiger charge is 2.07. The van der Waals surface area contributed by atoms with Crippen molar-refractivity contribution in [2.24, 2.45) is 4.99 Å². The quantitative estimate of drug-likeness (QED) is 0.404. The van der Waals surface area contributed by atoms with E-state index < -0.39 is 4.92 Å². The van der Waals surface area contributed by atoms with Crippen LogP contribution in [0.3, 0.4) is 0 Å². The van der Waals surface area contributed by atoms with Crippen LogP contribution in [0.1, 0.15) is 11.1 Å². The Morgan fingerprint density at radius 2 is 2.09 bits per heavy atom. The zero-order valence-electron chi connectivity index (χ0n) is 11.5. The summed E-state index contributed by atoms with van der Waals surface area (Å²) in [5.74, 6) is 2.48. The van der Waals surface area contributed by atoms with Crippen LogP contribution in [-0.4, -0.2) is 16.2 Å². The van der Waals surface area contributed by atoms with Gasteiger partial charge in [0.15, 0.2) is 0 Å². The maximum atomic E-state index is 10.7. The van der Waals surface area contributed by atoms with Gasteiger partial charge in [0.2, 0.25) is 0 Å². The summed E-state index contributed by atoms with van der Waals surface area (Å²) in [6.45, 7) is 0. The van der Waals surface area contributed by atoms with Crippen molar-refractivity contribution in [2.75, 3.05) is 0 Å². The molecule has 1 N–H and O–H groups in total. The summed E-state index contributed by atoms with van der Waals surface area (Å²) >= 11 is 0. The minimum absolute atomic E-state index is 0.0374. The SMILES string of the molecule is C#Cc1cccc(N=C/C=C/c2cc([N+](=O)[O-])ccc2O)c1. The number of terminal acetylenes is 1. The topological polar surface area (TPSA) is 75.7 Å². The molecule has 0 amide bonds. The highest BCUT2D eigenvalue weighted by Crippen LogP contribution is 2.23. The van der Waals surface area contributed by atoms with Crippen LogP contribution in [0.2, 0.25) is 0 Å². The average Bonchev–Trinajstić information content (AvgIpc) is 2.53. The standard InChI is InChI=1S/C17H12N2O3/c1-2-13-5-3-7-15(11-13)18-10-4-6-14-12-16(19(21)22)8-9-17(14)20/h1,3-12,20H/b6-4+,18-10?. The average molecular weight is 292 g/mol. The maximum Gasteiger partial charge on any atom is 0.270 e. The Kier molecular flexibility index (Phi) is 4.68. The van der Waals surface area contributed by atoms with Crippen molar-refractivity contribution in [1.29, 1.82) is 0 Å². The van der Waals surface area contributed by atoms with Gasteiger partial charge in [-0.1, -0.05) is 12.0 Å². The molecule has 0 aromatic heterocycles. The van der Waals surface area contributed by atoms with Gasteiger partial charge in [0.25, 0.3) is 5.69 Å². The Morgan fingerprint density at radius 3 is 2.82 bits per heavy atom. The molecule has 2 aromatic carbocycles. The zero-order valence-corrected chi connectivity index (χ0v) is 11.5. The zero-order chi connectivity index (χ0) is 15.9. The van der Waals surface area contributed by atoms with Crippen molar-refractivity contribution in [3.05, 3.63) is 69.8 Å². The third-order valence-electron chi connectivity index (χ3n) is 2.82. The van der Waals surface area contributed by atoms with Gasteiger partial charge in [0, 0.05) is 29.5 Å². The summed E-state index contributed by atoms with van der Waals surface area (Å²) in [5, 5.41) is 20.4. The number of phenols is 1. The lowest BCUT2D eigenvalue weighted by Crippen LogP contribution is -1.88. The molecule has 2 rings (SSSR count). The molecule has 0 saturated carbocycles. The maximum absolute atomic E-state index is 10.7. The van der Waals surface area contributed by atoms with Gasteiger partial charge in [-0.3, -0.25) is 15.1 Å². The second kappa shape index (κ2) is 6.86. The Bertz CT molecular complexity index is 802. The molecule has 5 nitrogen and oxygen atoms in total. The predicted octanol–water partition coefficient (Wildman–Crippen LogP) is 3.70. The summed E-state index contributed by atoms with van der Waals surface area (Å²) in [7, 11) is 0. The summed E-state index contributed by atoms with van der Waals surface area (Å²) < 4.78 is 0. The molecule has 0 radical (unpaired) electrons. The van der Waals surface area contributed by atoms with Crippen molar-refractivity contribution in [2.45, 2.75) is 0 Å². The second-order valence-corrected chi connectivity index (χ2v) is 4.33. The van der Waals surface area contributed by atoms with Gasteiger partial charge in [-0.05, 0) is 36.4 Å². The van der Waals surface area contributed by atoms with Gasteiger partial charge >= 0.3 is 0 Å². The molecule has 2 aromatic rings. The number of benzene rings is 2. The molecule has 0 saturated heterocycles. The Morgan fingerprint density at radius 1 is 1.27 bits per heavy atom. The van der Waals surface area contributed by atoms with Crippen LogP contribution in [0, 0.1) is 22.5 Å². The lowest BCUT2D eigenvalue weighted by atomic mass is 10.1. The molecule has 0 spiro atoms. The molecule has 22 heavy (non-hydrogen) atoms. The number of non-ortho nitro benzene ring substituents is 1. The van der Waals surface area contributed by atoms with E-state index in [1.807, 2.05) is 0 Å². The number of nitro benzene ring substituents is 1. The van der Waals surface area contributed by atoms with E-state index in [9.17, 15) is 15.2 Å². The fourth-order valence-corrected chi connectivity index (χ4v) is 1.74.